The summed E-state index contributed by atoms with van der Waals surface area (Å²) in [5, 5.41) is 15.3. The molecule has 5 nitrogen and oxygen atoms in total. The smallest absolute Gasteiger partial charge is 0.233 e. The molecular weight excluding hydrogens is 376 g/mol. The summed E-state index contributed by atoms with van der Waals surface area (Å²) in [7, 11) is 0. The van der Waals surface area contributed by atoms with Crippen LogP contribution in [-0.4, -0.2) is 27.9 Å². The highest BCUT2D eigenvalue weighted by Gasteiger charge is 2.17. The highest BCUT2D eigenvalue weighted by molar-refractivity contribution is 8.02. The van der Waals surface area contributed by atoms with E-state index in [9.17, 15) is 4.79 Å². The van der Waals surface area contributed by atoms with Gasteiger partial charge < -0.3 is 10.6 Å². The first kappa shape index (κ1) is 19.9. The van der Waals surface area contributed by atoms with Gasteiger partial charge in [0.05, 0.1) is 5.25 Å². The van der Waals surface area contributed by atoms with E-state index in [1.54, 1.807) is 0 Å². The van der Waals surface area contributed by atoms with Gasteiger partial charge in [-0.05, 0) is 44.6 Å². The summed E-state index contributed by atoms with van der Waals surface area (Å²) in [5.41, 5.74) is 2.68. The molecule has 2 N–H and O–H groups in total. The Morgan fingerprint density at radius 3 is 2.89 bits per heavy atom. The molecule has 0 aliphatic heterocycles. The molecule has 144 valence electrons. The molecule has 1 aromatic carbocycles. The Balaban J connectivity index is 1.39. The van der Waals surface area contributed by atoms with Gasteiger partial charge in [-0.3, -0.25) is 4.79 Å². The lowest BCUT2D eigenvalue weighted by Crippen LogP contribution is -2.31. The number of thioether (sulfide) groups is 1. The normalized spacial score (nSPS) is 15.1. The van der Waals surface area contributed by atoms with E-state index in [1.165, 1.54) is 59.9 Å². The molecule has 1 heterocycles. The Kier molecular flexibility index (Phi) is 7.71. The van der Waals surface area contributed by atoms with Gasteiger partial charge in [0, 0.05) is 13.1 Å². The fourth-order valence-electron chi connectivity index (χ4n) is 2.93. The Labute approximate surface area is 169 Å². The number of nitrogens with zero attached hydrogens (tertiary/aromatic N) is 2. The maximum absolute atomic E-state index is 12.3. The van der Waals surface area contributed by atoms with Gasteiger partial charge in [0.1, 0.15) is 0 Å². The zero-order valence-corrected chi connectivity index (χ0v) is 17.2. The number of aromatic nitrogens is 2. The van der Waals surface area contributed by atoms with Crippen LogP contribution in [-0.2, 0) is 11.3 Å². The zero-order valence-electron chi connectivity index (χ0n) is 15.6. The molecule has 1 aliphatic rings. The van der Waals surface area contributed by atoms with E-state index in [0.29, 0.717) is 6.54 Å². The van der Waals surface area contributed by atoms with E-state index >= 15 is 0 Å². The molecule has 0 spiro atoms. The molecule has 0 saturated carbocycles. The van der Waals surface area contributed by atoms with Gasteiger partial charge in [0.15, 0.2) is 4.34 Å². The van der Waals surface area contributed by atoms with Crippen LogP contribution in [0.5, 0.6) is 0 Å². The van der Waals surface area contributed by atoms with Gasteiger partial charge >= 0.3 is 0 Å². The molecule has 0 saturated heterocycles. The third-order valence-corrected chi connectivity index (χ3v) is 6.54. The van der Waals surface area contributed by atoms with Gasteiger partial charge in [-0.15, -0.1) is 10.2 Å². The van der Waals surface area contributed by atoms with Crippen LogP contribution in [0.25, 0.3) is 0 Å². The summed E-state index contributed by atoms with van der Waals surface area (Å²) >= 11 is 2.94. The molecule has 1 amide bonds. The van der Waals surface area contributed by atoms with Crippen molar-refractivity contribution < 1.29 is 4.79 Å². The van der Waals surface area contributed by atoms with E-state index < -0.39 is 0 Å². The third-order valence-electron chi connectivity index (χ3n) is 4.47. The lowest BCUT2D eigenvalue weighted by atomic mass is 9.97. The summed E-state index contributed by atoms with van der Waals surface area (Å²) in [6.45, 7) is 3.35. The van der Waals surface area contributed by atoms with Crippen molar-refractivity contribution in [2.45, 2.75) is 55.2 Å². The number of allylic oxidation sites excluding steroid dienone is 1. The number of benzene rings is 1. The second-order valence-corrected chi connectivity index (χ2v) is 9.19. The Morgan fingerprint density at radius 2 is 2.11 bits per heavy atom. The summed E-state index contributed by atoms with van der Waals surface area (Å²) in [6.07, 6.45) is 8.25. The predicted molar refractivity (Wildman–Crippen MR) is 113 cm³/mol. The first-order chi connectivity index (χ1) is 13.2. The van der Waals surface area contributed by atoms with Crippen LogP contribution in [0.2, 0.25) is 0 Å². The molecule has 0 unspecified atom stereocenters. The summed E-state index contributed by atoms with van der Waals surface area (Å²) in [4.78, 5) is 12.3. The van der Waals surface area contributed by atoms with Crippen molar-refractivity contribution >= 4 is 34.1 Å². The molecule has 1 aliphatic carbocycles. The Hall–Kier alpha value is -1.86. The van der Waals surface area contributed by atoms with Crippen LogP contribution in [0.4, 0.5) is 5.13 Å². The molecule has 0 radical (unpaired) electrons. The third kappa shape index (κ3) is 6.66. The van der Waals surface area contributed by atoms with Gasteiger partial charge in [0.2, 0.25) is 11.0 Å². The Morgan fingerprint density at radius 1 is 1.26 bits per heavy atom. The lowest BCUT2D eigenvalue weighted by Gasteiger charge is -2.14. The van der Waals surface area contributed by atoms with E-state index in [4.69, 9.17) is 0 Å². The topological polar surface area (TPSA) is 66.9 Å². The van der Waals surface area contributed by atoms with Gasteiger partial charge in [-0.25, -0.2) is 0 Å². The number of amides is 1. The first-order valence-electron chi connectivity index (χ1n) is 9.44. The lowest BCUT2D eigenvalue weighted by molar-refractivity contribution is -0.120. The number of hydrogen-bond acceptors (Lipinski definition) is 6. The maximum atomic E-state index is 12.3. The fourth-order valence-corrected chi connectivity index (χ4v) is 4.84. The Bertz CT molecular complexity index is 760. The van der Waals surface area contributed by atoms with Crippen molar-refractivity contribution in [1.82, 2.24) is 15.5 Å². The molecular formula is C20H26N4OS2. The minimum Gasteiger partial charge on any atom is -0.356 e. The SMILES string of the molecule is C[C@@H](Sc1nnc(NCc2ccccc2)s1)C(=O)NCCC1=CCCCC1. The van der Waals surface area contributed by atoms with Crippen molar-refractivity contribution in [3.8, 4) is 0 Å². The minimum atomic E-state index is -0.180. The van der Waals surface area contributed by atoms with Gasteiger partial charge in [0.25, 0.3) is 0 Å². The van der Waals surface area contributed by atoms with Crippen LogP contribution in [0.15, 0.2) is 46.3 Å². The maximum Gasteiger partial charge on any atom is 0.233 e. The van der Waals surface area contributed by atoms with Crippen molar-refractivity contribution in [3.05, 3.63) is 47.5 Å². The zero-order chi connectivity index (χ0) is 18.9. The van der Waals surface area contributed by atoms with Crippen LogP contribution in [0.3, 0.4) is 0 Å². The second-order valence-electron chi connectivity index (χ2n) is 6.62. The quantitative estimate of drug-likeness (QED) is 0.472. The van der Waals surface area contributed by atoms with Crippen molar-refractivity contribution in [3.63, 3.8) is 0 Å². The van der Waals surface area contributed by atoms with Crippen LogP contribution < -0.4 is 10.6 Å². The number of hydrogen-bond donors (Lipinski definition) is 2. The monoisotopic (exact) mass is 402 g/mol. The summed E-state index contributed by atoms with van der Waals surface area (Å²) in [6, 6.07) is 10.2. The van der Waals surface area contributed by atoms with E-state index in [2.05, 4.69) is 39.0 Å². The number of rotatable bonds is 9. The standard InChI is InChI=1S/C20H26N4OS2/c1-15(18(25)21-13-12-16-8-4-2-5-9-16)26-20-24-23-19(27-20)22-14-17-10-6-3-7-11-17/h3,6-8,10-11,15H,2,4-5,9,12-14H2,1H3,(H,21,25)(H,22,23)/t15-/m1/s1. The highest BCUT2D eigenvalue weighted by atomic mass is 32.2. The van der Waals surface area contributed by atoms with Crippen molar-refractivity contribution in [2.75, 3.05) is 11.9 Å². The molecule has 2 aromatic rings. The fraction of sp³-hybridized carbons (Fsp3) is 0.450. The molecule has 1 atom stereocenters. The molecule has 3 rings (SSSR count). The van der Waals surface area contributed by atoms with Crippen LogP contribution >= 0.6 is 23.1 Å². The van der Waals surface area contributed by atoms with Gasteiger partial charge in [-0.1, -0.05) is 65.1 Å². The van der Waals surface area contributed by atoms with Crippen LogP contribution in [0.1, 0.15) is 44.6 Å². The first-order valence-corrected chi connectivity index (χ1v) is 11.1. The van der Waals surface area contributed by atoms with E-state index in [1.807, 2.05) is 25.1 Å². The average Bonchev–Trinajstić information content (AvgIpc) is 3.15. The minimum absolute atomic E-state index is 0.0606. The average molecular weight is 403 g/mol. The molecule has 0 fully saturated rings. The summed E-state index contributed by atoms with van der Waals surface area (Å²) < 4.78 is 0.809. The van der Waals surface area contributed by atoms with Crippen molar-refractivity contribution in [2.24, 2.45) is 0 Å². The van der Waals surface area contributed by atoms with E-state index in [-0.39, 0.29) is 11.2 Å². The number of anilines is 1. The number of nitrogens with one attached hydrogen (secondary N) is 2. The molecule has 0 bridgehead atoms. The summed E-state index contributed by atoms with van der Waals surface area (Å²) in [5.74, 6) is 0.0606. The number of carbonyl (C=O) groups is 1. The second kappa shape index (κ2) is 10.5. The van der Waals surface area contributed by atoms with Gasteiger partial charge in [-0.2, -0.15) is 0 Å². The molecule has 27 heavy (non-hydrogen) atoms. The predicted octanol–water partition coefficient (Wildman–Crippen LogP) is 4.64. The largest absolute Gasteiger partial charge is 0.356 e. The highest BCUT2D eigenvalue weighted by Crippen LogP contribution is 2.29. The number of carbonyl (C=O) groups excluding carboxylic acids is 1. The molecule has 1 aromatic heterocycles. The molecule has 7 heteroatoms. The van der Waals surface area contributed by atoms with Crippen LogP contribution in [0, 0.1) is 0 Å². The van der Waals surface area contributed by atoms with E-state index in [0.717, 1.165) is 22.4 Å². The van der Waals surface area contributed by atoms with Crippen molar-refractivity contribution in [1.29, 1.82) is 0 Å².